The van der Waals surface area contributed by atoms with E-state index in [2.05, 4.69) is 26.6 Å². The average molecular weight is 343 g/mol. The van der Waals surface area contributed by atoms with Crippen LogP contribution in [0.4, 0.5) is 15.8 Å². The number of hydrogen-bond donors (Lipinski definition) is 2. The average Bonchev–Trinajstić information content (AvgIpc) is 2.75. The largest absolute Gasteiger partial charge is 0.379 e. The first-order valence-corrected chi connectivity index (χ1v) is 7.26. The van der Waals surface area contributed by atoms with E-state index in [-0.39, 0.29) is 11.7 Å². The van der Waals surface area contributed by atoms with Crippen LogP contribution >= 0.6 is 27.3 Å². The Labute approximate surface area is 123 Å². The lowest BCUT2D eigenvalue weighted by atomic mass is 10.2. The summed E-state index contributed by atoms with van der Waals surface area (Å²) in [6.07, 6.45) is 0. The van der Waals surface area contributed by atoms with Crippen molar-refractivity contribution in [3.63, 3.8) is 0 Å². The van der Waals surface area contributed by atoms with Gasteiger partial charge < -0.3 is 10.6 Å². The predicted octanol–water partition coefficient (Wildman–Crippen LogP) is 4.22. The van der Waals surface area contributed by atoms with Crippen LogP contribution in [0.2, 0.25) is 0 Å². The van der Waals surface area contributed by atoms with Gasteiger partial charge in [0.15, 0.2) is 0 Å². The highest BCUT2D eigenvalue weighted by Gasteiger charge is 2.05. The van der Waals surface area contributed by atoms with Crippen LogP contribution in [0, 0.1) is 5.82 Å². The molecule has 0 aliphatic heterocycles. The SMILES string of the molecule is CC(=O)Nc1ccc(F)c(NCc2csc(Br)c2)c1. The smallest absolute Gasteiger partial charge is 0.221 e. The standard InChI is InChI=1S/C13H12BrFN2OS/c1-8(18)17-10-2-3-11(15)12(5-10)16-6-9-4-13(14)19-7-9/h2-5,7,16H,6H2,1H3,(H,17,18). The molecule has 0 unspecified atom stereocenters. The second kappa shape index (κ2) is 6.16. The van der Waals surface area contributed by atoms with Crippen molar-refractivity contribution in [3.8, 4) is 0 Å². The Morgan fingerprint density at radius 3 is 2.84 bits per heavy atom. The van der Waals surface area contributed by atoms with Crippen molar-refractivity contribution in [2.75, 3.05) is 10.6 Å². The van der Waals surface area contributed by atoms with Crippen molar-refractivity contribution in [2.24, 2.45) is 0 Å². The summed E-state index contributed by atoms with van der Waals surface area (Å²) in [4.78, 5) is 11.0. The van der Waals surface area contributed by atoms with Gasteiger partial charge in [0, 0.05) is 19.2 Å². The summed E-state index contributed by atoms with van der Waals surface area (Å²) in [6.45, 7) is 1.95. The van der Waals surface area contributed by atoms with Crippen LogP contribution in [0.3, 0.4) is 0 Å². The van der Waals surface area contributed by atoms with Crippen LogP contribution in [-0.4, -0.2) is 5.91 Å². The maximum Gasteiger partial charge on any atom is 0.221 e. The molecule has 0 atom stereocenters. The van der Waals surface area contributed by atoms with Gasteiger partial charge in [0.05, 0.1) is 9.47 Å². The number of rotatable bonds is 4. The molecule has 0 bridgehead atoms. The zero-order valence-electron chi connectivity index (χ0n) is 10.2. The van der Waals surface area contributed by atoms with E-state index in [1.165, 1.54) is 19.1 Å². The number of halogens is 2. The summed E-state index contributed by atoms with van der Waals surface area (Å²) < 4.78 is 14.7. The zero-order valence-corrected chi connectivity index (χ0v) is 12.6. The van der Waals surface area contributed by atoms with Crippen molar-refractivity contribution >= 4 is 44.5 Å². The van der Waals surface area contributed by atoms with Gasteiger partial charge in [-0.1, -0.05) is 0 Å². The summed E-state index contributed by atoms with van der Waals surface area (Å²) >= 11 is 4.96. The number of carbonyl (C=O) groups is 1. The van der Waals surface area contributed by atoms with Gasteiger partial charge in [0.25, 0.3) is 0 Å². The highest BCUT2D eigenvalue weighted by atomic mass is 79.9. The van der Waals surface area contributed by atoms with Crippen molar-refractivity contribution in [3.05, 3.63) is 44.8 Å². The lowest BCUT2D eigenvalue weighted by Crippen LogP contribution is -2.07. The Balaban J connectivity index is 2.08. The molecule has 19 heavy (non-hydrogen) atoms. The van der Waals surface area contributed by atoms with Gasteiger partial charge in [-0.25, -0.2) is 4.39 Å². The third-order valence-electron chi connectivity index (χ3n) is 2.39. The van der Waals surface area contributed by atoms with Crippen LogP contribution in [0.5, 0.6) is 0 Å². The van der Waals surface area contributed by atoms with Gasteiger partial charge in [-0.2, -0.15) is 0 Å². The number of hydrogen-bond acceptors (Lipinski definition) is 3. The number of carbonyl (C=O) groups excluding carboxylic acids is 1. The minimum atomic E-state index is -0.344. The van der Waals surface area contributed by atoms with E-state index in [9.17, 15) is 9.18 Å². The van der Waals surface area contributed by atoms with E-state index >= 15 is 0 Å². The minimum absolute atomic E-state index is 0.181. The van der Waals surface area contributed by atoms with E-state index in [4.69, 9.17) is 0 Å². The first-order valence-electron chi connectivity index (χ1n) is 5.58. The number of benzene rings is 1. The van der Waals surface area contributed by atoms with Gasteiger partial charge in [-0.15, -0.1) is 11.3 Å². The van der Waals surface area contributed by atoms with E-state index in [1.54, 1.807) is 17.4 Å². The molecule has 1 heterocycles. The number of amides is 1. The second-order valence-corrected chi connectivity index (χ2v) is 6.28. The normalized spacial score (nSPS) is 10.3. The number of anilines is 2. The van der Waals surface area contributed by atoms with E-state index in [0.29, 0.717) is 17.9 Å². The van der Waals surface area contributed by atoms with Gasteiger partial charge in [-0.05, 0) is 51.1 Å². The molecule has 0 spiro atoms. The molecule has 0 aliphatic carbocycles. The molecule has 2 N–H and O–H groups in total. The van der Waals surface area contributed by atoms with Crippen LogP contribution in [0.25, 0.3) is 0 Å². The highest BCUT2D eigenvalue weighted by Crippen LogP contribution is 2.23. The minimum Gasteiger partial charge on any atom is -0.379 e. The molecule has 2 aromatic rings. The van der Waals surface area contributed by atoms with E-state index < -0.39 is 0 Å². The van der Waals surface area contributed by atoms with Crippen LogP contribution in [0.1, 0.15) is 12.5 Å². The van der Waals surface area contributed by atoms with Crippen LogP contribution < -0.4 is 10.6 Å². The third kappa shape index (κ3) is 4.04. The monoisotopic (exact) mass is 342 g/mol. The van der Waals surface area contributed by atoms with Gasteiger partial charge in [0.1, 0.15) is 5.82 Å². The topological polar surface area (TPSA) is 41.1 Å². The quantitative estimate of drug-likeness (QED) is 0.873. The molecular formula is C13H12BrFN2OS. The molecule has 1 aromatic heterocycles. The summed E-state index contributed by atoms with van der Waals surface area (Å²) in [5.41, 5.74) is 2.01. The van der Waals surface area contributed by atoms with Gasteiger partial charge in [-0.3, -0.25) is 4.79 Å². The van der Waals surface area contributed by atoms with Crippen LogP contribution in [0.15, 0.2) is 33.4 Å². The molecule has 0 aliphatic rings. The van der Waals surface area contributed by atoms with Crippen molar-refractivity contribution in [2.45, 2.75) is 13.5 Å². The fourth-order valence-corrected chi connectivity index (χ4v) is 2.79. The van der Waals surface area contributed by atoms with Crippen molar-refractivity contribution in [1.82, 2.24) is 0 Å². The lowest BCUT2D eigenvalue weighted by molar-refractivity contribution is -0.114. The summed E-state index contributed by atoms with van der Waals surface area (Å²) in [6, 6.07) is 6.42. The fraction of sp³-hybridized carbons (Fsp3) is 0.154. The molecule has 0 saturated heterocycles. The van der Waals surface area contributed by atoms with E-state index in [0.717, 1.165) is 9.35 Å². The molecule has 3 nitrogen and oxygen atoms in total. The van der Waals surface area contributed by atoms with Crippen molar-refractivity contribution < 1.29 is 9.18 Å². The summed E-state index contributed by atoms with van der Waals surface area (Å²) in [5, 5.41) is 7.63. The number of nitrogens with one attached hydrogen (secondary N) is 2. The van der Waals surface area contributed by atoms with Crippen LogP contribution in [-0.2, 0) is 11.3 Å². The zero-order chi connectivity index (χ0) is 13.8. The first-order chi connectivity index (χ1) is 9.04. The fourth-order valence-electron chi connectivity index (χ4n) is 1.58. The molecule has 2 rings (SSSR count). The van der Waals surface area contributed by atoms with E-state index in [1.807, 2.05) is 11.4 Å². The lowest BCUT2D eigenvalue weighted by Gasteiger charge is -2.09. The Bertz CT molecular complexity index is 600. The molecule has 0 saturated carbocycles. The maximum absolute atomic E-state index is 13.6. The Morgan fingerprint density at radius 1 is 1.42 bits per heavy atom. The second-order valence-electron chi connectivity index (χ2n) is 3.99. The molecule has 1 amide bonds. The predicted molar refractivity (Wildman–Crippen MR) is 80.0 cm³/mol. The first kappa shape index (κ1) is 14.0. The van der Waals surface area contributed by atoms with Crippen molar-refractivity contribution in [1.29, 1.82) is 0 Å². The van der Waals surface area contributed by atoms with Gasteiger partial charge in [0.2, 0.25) is 5.91 Å². The summed E-state index contributed by atoms with van der Waals surface area (Å²) in [5.74, 6) is -0.525. The summed E-state index contributed by atoms with van der Waals surface area (Å²) in [7, 11) is 0. The molecule has 0 radical (unpaired) electrons. The molecule has 6 heteroatoms. The number of thiophene rings is 1. The molecule has 100 valence electrons. The Morgan fingerprint density at radius 2 is 2.21 bits per heavy atom. The highest BCUT2D eigenvalue weighted by molar-refractivity contribution is 9.11. The Hall–Kier alpha value is -1.40. The third-order valence-corrected chi connectivity index (χ3v) is 3.94. The molecular weight excluding hydrogens is 331 g/mol. The maximum atomic E-state index is 13.6. The Kier molecular flexibility index (Phi) is 4.55. The molecule has 0 fully saturated rings. The molecule has 1 aromatic carbocycles. The van der Waals surface area contributed by atoms with Gasteiger partial charge >= 0.3 is 0 Å².